The smallest absolute Gasteiger partial charge is 0.267 e. The van der Waals surface area contributed by atoms with Crippen LogP contribution in [-0.4, -0.2) is 37.2 Å². The van der Waals surface area contributed by atoms with Crippen molar-refractivity contribution in [1.29, 1.82) is 0 Å². The molecule has 0 spiro atoms. The van der Waals surface area contributed by atoms with E-state index >= 15 is 0 Å². The lowest BCUT2D eigenvalue weighted by atomic mass is 10.1. The van der Waals surface area contributed by atoms with Crippen molar-refractivity contribution in [2.75, 3.05) is 36.5 Å². The summed E-state index contributed by atoms with van der Waals surface area (Å²) >= 11 is 7.91. The molecule has 0 atom stereocenters. The van der Waals surface area contributed by atoms with Crippen LogP contribution in [0.25, 0.3) is 10.6 Å². The zero-order valence-corrected chi connectivity index (χ0v) is 18.9. The van der Waals surface area contributed by atoms with Crippen LogP contribution in [0.3, 0.4) is 0 Å². The largest absolute Gasteiger partial charge is 0.378 e. The summed E-state index contributed by atoms with van der Waals surface area (Å²) in [4.78, 5) is 20.6. The summed E-state index contributed by atoms with van der Waals surface area (Å²) in [6, 6.07) is 11.8. The van der Waals surface area contributed by atoms with Gasteiger partial charge in [-0.1, -0.05) is 41.4 Å². The number of amides is 1. The summed E-state index contributed by atoms with van der Waals surface area (Å²) in [5.41, 5.74) is 5.69. The van der Waals surface area contributed by atoms with Crippen LogP contribution in [0.5, 0.6) is 0 Å². The summed E-state index contributed by atoms with van der Waals surface area (Å²) in [5, 5.41) is 4.53. The number of nitrogens with one attached hydrogen (secondary N) is 1. The molecule has 0 radical (unpaired) electrons. The molecule has 0 bridgehead atoms. The van der Waals surface area contributed by atoms with Crippen molar-refractivity contribution in [2.45, 2.75) is 20.8 Å². The highest BCUT2D eigenvalue weighted by atomic mass is 35.5. The fourth-order valence-electron chi connectivity index (χ4n) is 3.68. The maximum Gasteiger partial charge on any atom is 0.267 e. The zero-order valence-electron chi connectivity index (χ0n) is 17.3. The fourth-order valence-corrected chi connectivity index (χ4v) is 5.03. The summed E-state index contributed by atoms with van der Waals surface area (Å²) in [7, 11) is 0. The number of hydrogen-bond acceptors (Lipinski definition) is 5. The number of halogens is 1. The molecule has 1 amide bonds. The number of aromatic nitrogens is 1. The van der Waals surface area contributed by atoms with E-state index in [4.69, 9.17) is 16.3 Å². The van der Waals surface area contributed by atoms with Gasteiger partial charge in [0.1, 0.15) is 9.88 Å². The van der Waals surface area contributed by atoms with E-state index in [2.05, 4.69) is 47.2 Å². The summed E-state index contributed by atoms with van der Waals surface area (Å²) < 4.78 is 5.45. The molecule has 2 aromatic carbocycles. The van der Waals surface area contributed by atoms with Gasteiger partial charge in [0.2, 0.25) is 0 Å². The van der Waals surface area contributed by atoms with Crippen LogP contribution in [-0.2, 0) is 4.74 Å². The number of morpholine rings is 1. The van der Waals surface area contributed by atoms with Gasteiger partial charge in [-0.2, -0.15) is 0 Å². The van der Waals surface area contributed by atoms with Crippen LogP contribution in [0.2, 0.25) is 5.02 Å². The number of aryl methyl sites for hydroxylation is 3. The predicted octanol–water partition coefficient (Wildman–Crippen LogP) is 5.48. The van der Waals surface area contributed by atoms with Gasteiger partial charge in [-0.15, -0.1) is 11.3 Å². The highest BCUT2D eigenvalue weighted by molar-refractivity contribution is 7.17. The first-order valence-corrected chi connectivity index (χ1v) is 11.1. The third-order valence-electron chi connectivity index (χ3n) is 5.18. The molecular formula is C23H24ClN3O2S. The number of carbonyl (C=O) groups excluding carboxylic acids is 1. The molecule has 1 fully saturated rings. The highest BCUT2D eigenvalue weighted by Gasteiger charge is 2.22. The van der Waals surface area contributed by atoms with E-state index in [0.29, 0.717) is 28.8 Å². The van der Waals surface area contributed by atoms with E-state index in [0.717, 1.165) is 40.6 Å². The Morgan fingerprint density at radius 3 is 2.67 bits per heavy atom. The summed E-state index contributed by atoms with van der Waals surface area (Å²) in [6.45, 7) is 8.78. The van der Waals surface area contributed by atoms with Crippen LogP contribution >= 0.6 is 22.9 Å². The monoisotopic (exact) mass is 441 g/mol. The third kappa shape index (κ3) is 4.21. The molecule has 1 aliphatic heterocycles. The van der Waals surface area contributed by atoms with Gasteiger partial charge >= 0.3 is 0 Å². The van der Waals surface area contributed by atoms with Crippen molar-refractivity contribution < 1.29 is 9.53 Å². The first-order chi connectivity index (χ1) is 14.4. The average Bonchev–Trinajstić information content (AvgIpc) is 3.10. The predicted molar refractivity (Wildman–Crippen MR) is 124 cm³/mol. The van der Waals surface area contributed by atoms with Crippen LogP contribution in [0.1, 0.15) is 26.5 Å². The highest BCUT2D eigenvalue weighted by Crippen LogP contribution is 2.36. The molecular weight excluding hydrogens is 418 g/mol. The second-order valence-corrected chi connectivity index (χ2v) is 8.85. The Balaban J connectivity index is 1.62. The van der Waals surface area contributed by atoms with Crippen molar-refractivity contribution in [1.82, 2.24) is 4.98 Å². The zero-order chi connectivity index (χ0) is 21.3. The molecule has 2 heterocycles. The molecule has 0 saturated carbocycles. The van der Waals surface area contributed by atoms with Gasteiger partial charge in [-0.25, -0.2) is 4.98 Å². The second-order valence-electron chi connectivity index (χ2n) is 7.44. The van der Waals surface area contributed by atoms with Gasteiger partial charge in [0.15, 0.2) is 0 Å². The Bertz CT molecular complexity index is 1090. The SMILES string of the molecule is Cc1ccc(-c2nc(C)c(C(=O)Nc3cccc(Cl)c3N3CCOCC3)s2)c(C)c1. The molecule has 156 valence electrons. The number of anilines is 2. The molecule has 1 saturated heterocycles. The molecule has 0 aliphatic carbocycles. The molecule has 30 heavy (non-hydrogen) atoms. The lowest BCUT2D eigenvalue weighted by Crippen LogP contribution is -2.37. The van der Waals surface area contributed by atoms with Gasteiger partial charge < -0.3 is 15.0 Å². The number of thiazole rings is 1. The van der Waals surface area contributed by atoms with Crippen molar-refractivity contribution in [3.63, 3.8) is 0 Å². The molecule has 3 aromatic rings. The van der Waals surface area contributed by atoms with Crippen molar-refractivity contribution in [3.8, 4) is 10.6 Å². The van der Waals surface area contributed by atoms with Crippen LogP contribution in [0, 0.1) is 20.8 Å². The van der Waals surface area contributed by atoms with Crippen molar-refractivity contribution >= 4 is 40.2 Å². The van der Waals surface area contributed by atoms with Crippen molar-refractivity contribution in [3.05, 3.63) is 63.1 Å². The van der Waals surface area contributed by atoms with E-state index in [9.17, 15) is 4.79 Å². The third-order valence-corrected chi connectivity index (χ3v) is 6.67. The lowest BCUT2D eigenvalue weighted by Gasteiger charge is -2.31. The number of ether oxygens (including phenoxy) is 1. The first-order valence-electron chi connectivity index (χ1n) is 9.91. The molecule has 4 rings (SSSR count). The molecule has 1 aliphatic rings. The second kappa shape index (κ2) is 8.76. The quantitative estimate of drug-likeness (QED) is 0.582. The van der Waals surface area contributed by atoms with Gasteiger partial charge in [-0.05, 0) is 38.5 Å². The minimum atomic E-state index is -0.169. The van der Waals surface area contributed by atoms with Gasteiger partial charge in [0, 0.05) is 18.7 Å². The van der Waals surface area contributed by atoms with Gasteiger partial charge in [0.05, 0.1) is 35.3 Å². The van der Waals surface area contributed by atoms with E-state index in [1.165, 1.54) is 16.9 Å². The molecule has 0 unspecified atom stereocenters. The number of carbonyl (C=O) groups is 1. The number of benzene rings is 2. The van der Waals surface area contributed by atoms with Gasteiger partial charge in [0.25, 0.3) is 5.91 Å². The van der Waals surface area contributed by atoms with Crippen LogP contribution < -0.4 is 10.2 Å². The van der Waals surface area contributed by atoms with E-state index in [1.54, 1.807) is 0 Å². The van der Waals surface area contributed by atoms with E-state index in [-0.39, 0.29) is 5.91 Å². The maximum atomic E-state index is 13.1. The molecule has 7 heteroatoms. The van der Waals surface area contributed by atoms with Crippen LogP contribution in [0.4, 0.5) is 11.4 Å². The fraction of sp³-hybridized carbons (Fsp3) is 0.304. The minimum Gasteiger partial charge on any atom is -0.378 e. The summed E-state index contributed by atoms with van der Waals surface area (Å²) in [6.07, 6.45) is 0. The standard InChI is InChI=1S/C23H24ClN3O2S/c1-14-7-8-17(15(2)13-14)23-25-16(3)21(30-23)22(28)26-19-6-4-5-18(24)20(19)27-9-11-29-12-10-27/h4-8,13H,9-12H2,1-3H3,(H,26,28). The number of hydrogen-bond donors (Lipinski definition) is 1. The number of rotatable bonds is 4. The Morgan fingerprint density at radius 1 is 1.17 bits per heavy atom. The Labute approximate surface area is 185 Å². The number of nitrogens with zero attached hydrogens (tertiary/aromatic N) is 2. The lowest BCUT2D eigenvalue weighted by molar-refractivity contribution is 0.103. The first kappa shape index (κ1) is 20.8. The van der Waals surface area contributed by atoms with Gasteiger partial charge in [-0.3, -0.25) is 4.79 Å². The average molecular weight is 442 g/mol. The van der Waals surface area contributed by atoms with E-state index < -0.39 is 0 Å². The van der Waals surface area contributed by atoms with E-state index in [1.807, 2.05) is 25.1 Å². The van der Waals surface area contributed by atoms with Crippen LogP contribution in [0.15, 0.2) is 36.4 Å². The minimum absolute atomic E-state index is 0.169. The number of para-hydroxylation sites is 1. The Hall–Kier alpha value is -2.41. The topological polar surface area (TPSA) is 54.5 Å². The molecule has 1 N–H and O–H groups in total. The maximum absolute atomic E-state index is 13.1. The van der Waals surface area contributed by atoms with Crippen molar-refractivity contribution in [2.24, 2.45) is 0 Å². The normalized spacial score (nSPS) is 14.1. The molecule has 1 aromatic heterocycles. The Morgan fingerprint density at radius 2 is 1.93 bits per heavy atom. The molecule has 5 nitrogen and oxygen atoms in total. The summed E-state index contributed by atoms with van der Waals surface area (Å²) in [5.74, 6) is -0.169. The Kier molecular flexibility index (Phi) is 6.09.